The largest absolute Gasteiger partial charge is 0.379 e. The van der Waals surface area contributed by atoms with Gasteiger partial charge in [-0.1, -0.05) is 36.4 Å². The van der Waals surface area contributed by atoms with E-state index in [2.05, 4.69) is 10.3 Å². The topological polar surface area (TPSA) is 58.5 Å². The Morgan fingerprint density at radius 2 is 1.89 bits per heavy atom. The number of halogens is 1. The Morgan fingerprint density at radius 3 is 2.61 bits per heavy atom. The van der Waals surface area contributed by atoms with E-state index in [9.17, 15) is 12.8 Å². The Bertz CT molecular complexity index is 1090. The van der Waals surface area contributed by atoms with E-state index >= 15 is 0 Å². The number of aryl methyl sites for hydroxylation is 1. The summed E-state index contributed by atoms with van der Waals surface area (Å²) >= 11 is 0. The molecule has 0 atom stereocenters. The SMILES string of the molecule is CN/C=N\c1ccc(C2=C(c3ccc(F)c(C)c3)CC=CC=C2)cc1[SH](=O)=O. The zero-order valence-corrected chi connectivity index (χ0v) is 16.5. The Hall–Kier alpha value is -2.99. The highest BCUT2D eigenvalue weighted by atomic mass is 32.2. The second kappa shape index (κ2) is 8.80. The first-order valence-corrected chi connectivity index (χ1v) is 10.0. The minimum Gasteiger partial charge on any atom is -0.379 e. The maximum atomic E-state index is 13.7. The van der Waals surface area contributed by atoms with Gasteiger partial charge in [0.15, 0.2) is 10.7 Å². The standard InChI is InChI=1S/C22H21FN2O2S/c1-15-12-16(8-10-20(15)23)18-6-4-3-5-7-19(18)17-9-11-21(25-14-24-2)22(13-17)28(26)27/h3-5,7-14,28H,6H2,1-2H3,(H,24,25). The van der Waals surface area contributed by atoms with Crippen molar-refractivity contribution in [2.45, 2.75) is 18.2 Å². The van der Waals surface area contributed by atoms with Gasteiger partial charge in [0.1, 0.15) is 5.82 Å². The highest BCUT2D eigenvalue weighted by molar-refractivity contribution is 7.72. The molecule has 3 rings (SSSR count). The molecule has 0 saturated heterocycles. The molecule has 6 heteroatoms. The summed E-state index contributed by atoms with van der Waals surface area (Å²) in [5, 5.41) is 2.76. The molecule has 0 fully saturated rings. The summed E-state index contributed by atoms with van der Waals surface area (Å²) < 4.78 is 37.3. The third-order valence-electron chi connectivity index (χ3n) is 4.48. The highest BCUT2D eigenvalue weighted by Crippen LogP contribution is 2.35. The maximum Gasteiger partial charge on any atom is 0.170 e. The molecule has 4 nitrogen and oxygen atoms in total. The van der Waals surface area contributed by atoms with Gasteiger partial charge in [-0.15, -0.1) is 0 Å². The van der Waals surface area contributed by atoms with Crippen LogP contribution < -0.4 is 5.32 Å². The Kier molecular flexibility index (Phi) is 6.21. The molecule has 0 radical (unpaired) electrons. The van der Waals surface area contributed by atoms with Gasteiger partial charge in [-0.05, 0) is 65.4 Å². The molecule has 0 bridgehead atoms. The first kappa shape index (κ1) is 19.8. The fourth-order valence-corrected chi connectivity index (χ4v) is 3.65. The summed E-state index contributed by atoms with van der Waals surface area (Å²) in [4.78, 5) is 4.30. The molecule has 0 saturated carbocycles. The lowest BCUT2D eigenvalue weighted by molar-refractivity contribution is 0.614. The van der Waals surface area contributed by atoms with E-state index in [0.29, 0.717) is 17.7 Å². The molecule has 2 aromatic rings. The summed E-state index contributed by atoms with van der Waals surface area (Å²) in [5.74, 6) is -0.247. The lowest BCUT2D eigenvalue weighted by Crippen LogP contribution is -2.00. The van der Waals surface area contributed by atoms with E-state index < -0.39 is 10.7 Å². The van der Waals surface area contributed by atoms with Crippen molar-refractivity contribution in [2.75, 3.05) is 7.05 Å². The molecule has 1 aliphatic carbocycles. The summed E-state index contributed by atoms with van der Waals surface area (Å²) in [7, 11) is -1.11. The predicted octanol–water partition coefficient (Wildman–Crippen LogP) is 4.41. The summed E-state index contributed by atoms with van der Waals surface area (Å²) in [6.45, 7) is 1.73. The van der Waals surface area contributed by atoms with Gasteiger partial charge in [-0.25, -0.2) is 17.8 Å². The minimum absolute atomic E-state index is 0.159. The van der Waals surface area contributed by atoms with E-state index in [-0.39, 0.29) is 10.7 Å². The van der Waals surface area contributed by atoms with Gasteiger partial charge < -0.3 is 5.32 Å². The van der Waals surface area contributed by atoms with Crippen LogP contribution in [-0.2, 0) is 10.7 Å². The second-order valence-corrected chi connectivity index (χ2v) is 7.35. The second-order valence-electron chi connectivity index (χ2n) is 6.36. The van der Waals surface area contributed by atoms with Crippen LogP contribution in [0.2, 0.25) is 0 Å². The van der Waals surface area contributed by atoms with Crippen LogP contribution in [0.25, 0.3) is 11.1 Å². The highest BCUT2D eigenvalue weighted by Gasteiger charge is 2.14. The number of allylic oxidation sites excluding steroid dienone is 6. The summed E-state index contributed by atoms with van der Waals surface area (Å²) in [6, 6.07) is 10.2. The molecule has 1 N–H and O–H groups in total. The smallest absolute Gasteiger partial charge is 0.170 e. The van der Waals surface area contributed by atoms with Crippen LogP contribution in [0.5, 0.6) is 0 Å². The molecule has 144 valence electrons. The average Bonchev–Trinajstić information content (AvgIpc) is 2.94. The van der Waals surface area contributed by atoms with E-state index in [0.717, 1.165) is 22.3 Å². The predicted molar refractivity (Wildman–Crippen MR) is 113 cm³/mol. The average molecular weight is 396 g/mol. The lowest BCUT2D eigenvalue weighted by Gasteiger charge is -2.14. The van der Waals surface area contributed by atoms with Crippen LogP contribution >= 0.6 is 0 Å². The number of nitrogens with one attached hydrogen (secondary N) is 1. The first-order valence-electron chi connectivity index (χ1n) is 8.82. The van der Waals surface area contributed by atoms with Crippen LogP contribution in [0, 0.1) is 12.7 Å². The third-order valence-corrected chi connectivity index (χ3v) is 5.23. The summed E-state index contributed by atoms with van der Waals surface area (Å²) in [6.07, 6.45) is 9.94. The van der Waals surface area contributed by atoms with Gasteiger partial charge >= 0.3 is 0 Å². The summed E-state index contributed by atoms with van der Waals surface area (Å²) in [5.41, 5.74) is 4.54. The molecule has 0 aromatic heterocycles. The fraction of sp³-hybridized carbons (Fsp3) is 0.136. The molecule has 0 amide bonds. The fourth-order valence-electron chi connectivity index (χ4n) is 3.08. The van der Waals surface area contributed by atoms with Crippen molar-refractivity contribution in [3.05, 3.63) is 83.2 Å². The van der Waals surface area contributed by atoms with Gasteiger partial charge in [0.05, 0.1) is 16.9 Å². The van der Waals surface area contributed by atoms with E-state index in [1.165, 1.54) is 12.4 Å². The van der Waals surface area contributed by atoms with Crippen molar-refractivity contribution in [1.29, 1.82) is 0 Å². The van der Waals surface area contributed by atoms with Crippen molar-refractivity contribution in [1.82, 2.24) is 5.32 Å². The number of rotatable bonds is 5. The minimum atomic E-state index is -2.81. The molecule has 0 heterocycles. The Labute approximate surface area is 165 Å². The Balaban J connectivity index is 2.19. The van der Waals surface area contributed by atoms with Crippen LogP contribution in [0.3, 0.4) is 0 Å². The van der Waals surface area contributed by atoms with Crippen LogP contribution in [0.15, 0.2) is 70.6 Å². The van der Waals surface area contributed by atoms with E-state index in [1.807, 2.05) is 36.4 Å². The number of hydrogen-bond donors (Lipinski definition) is 2. The molecule has 28 heavy (non-hydrogen) atoms. The van der Waals surface area contributed by atoms with Crippen LogP contribution in [0.4, 0.5) is 10.1 Å². The molecule has 1 aliphatic rings. The first-order chi connectivity index (χ1) is 13.5. The van der Waals surface area contributed by atoms with Gasteiger partial charge in [-0.3, -0.25) is 0 Å². The van der Waals surface area contributed by atoms with Crippen molar-refractivity contribution >= 4 is 33.9 Å². The number of aliphatic imine (C=N–C) groups is 1. The zero-order valence-electron chi connectivity index (χ0n) is 15.6. The number of benzene rings is 2. The van der Waals surface area contributed by atoms with Crippen molar-refractivity contribution < 1.29 is 12.8 Å². The van der Waals surface area contributed by atoms with Crippen molar-refractivity contribution in [3.63, 3.8) is 0 Å². The molecular formula is C22H21FN2O2S. The molecule has 2 aromatic carbocycles. The lowest BCUT2D eigenvalue weighted by atomic mass is 9.92. The third kappa shape index (κ3) is 4.28. The van der Waals surface area contributed by atoms with Gasteiger partial charge in [0.2, 0.25) is 0 Å². The van der Waals surface area contributed by atoms with E-state index in [4.69, 9.17) is 0 Å². The van der Waals surface area contributed by atoms with E-state index in [1.54, 1.807) is 32.2 Å². The number of thiol groups is 1. The van der Waals surface area contributed by atoms with Crippen LogP contribution in [0.1, 0.15) is 23.1 Å². The maximum absolute atomic E-state index is 13.7. The molecule has 0 unspecified atom stereocenters. The van der Waals surface area contributed by atoms with Crippen molar-refractivity contribution in [2.24, 2.45) is 4.99 Å². The number of nitrogens with zero attached hydrogens (tertiary/aromatic N) is 1. The zero-order chi connectivity index (χ0) is 20.1. The molecule has 0 aliphatic heterocycles. The molecular weight excluding hydrogens is 375 g/mol. The number of hydrogen-bond acceptors (Lipinski definition) is 3. The van der Waals surface area contributed by atoms with Crippen LogP contribution in [-0.4, -0.2) is 21.8 Å². The van der Waals surface area contributed by atoms with Gasteiger partial charge in [0, 0.05) is 7.05 Å². The Morgan fingerprint density at radius 1 is 1.11 bits per heavy atom. The van der Waals surface area contributed by atoms with Gasteiger partial charge in [0.25, 0.3) is 0 Å². The monoisotopic (exact) mass is 396 g/mol. The van der Waals surface area contributed by atoms with Gasteiger partial charge in [-0.2, -0.15) is 0 Å². The normalized spacial score (nSPS) is 14.1. The molecule has 0 spiro atoms. The van der Waals surface area contributed by atoms with Crippen molar-refractivity contribution in [3.8, 4) is 0 Å². The quantitative estimate of drug-likeness (QED) is 0.447.